The van der Waals surface area contributed by atoms with Crippen molar-refractivity contribution < 1.29 is 43.3 Å². The maximum absolute atomic E-state index is 15.3. The number of imide groups is 4. The molecule has 3 fully saturated rings. The number of hydrogen-bond acceptors (Lipinski definition) is 9. The molecule has 6 atom stereocenters. The van der Waals surface area contributed by atoms with Gasteiger partial charge in [0.1, 0.15) is 17.2 Å². The van der Waals surface area contributed by atoms with Crippen molar-refractivity contribution in [3.05, 3.63) is 94.5 Å². The van der Waals surface area contributed by atoms with Gasteiger partial charge in [0.05, 0.1) is 50.2 Å². The zero-order valence-electron chi connectivity index (χ0n) is 26.2. The van der Waals surface area contributed by atoms with E-state index in [0.29, 0.717) is 26.8 Å². The molecule has 0 bridgehead atoms. The van der Waals surface area contributed by atoms with Crippen LogP contribution in [0.2, 0.25) is 5.02 Å². The zero-order chi connectivity index (χ0) is 34.1. The molecule has 3 aromatic rings. The summed E-state index contributed by atoms with van der Waals surface area (Å²) in [6, 6.07) is 18.3. The molecule has 48 heavy (non-hydrogen) atoms. The molecule has 11 nitrogen and oxygen atoms in total. The van der Waals surface area contributed by atoms with E-state index in [1.807, 2.05) is 6.08 Å². The van der Waals surface area contributed by atoms with E-state index >= 15 is 4.79 Å². The lowest BCUT2D eigenvalue weighted by Gasteiger charge is -2.51. The van der Waals surface area contributed by atoms with Crippen molar-refractivity contribution in [2.45, 2.75) is 24.2 Å². The molecule has 2 saturated heterocycles. The average molecular weight is 671 g/mol. The summed E-state index contributed by atoms with van der Waals surface area (Å²) in [5, 5.41) is 12.1. The quantitative estimate of drug-likeness (QED) is 0.294. The van der Waals surface area contributed by atoms with Crippen LogP contribution in [0.4, 0.5) is 10.5 Å². The average Bonchev–Trinajstić information content (AvgIpc) is 3.48. The summed E-state index contributed by atoms with van der Waals surface area (Å²) in [6.45, 7) is 0. The van der Waals surface area contributed by atoms with Crippen molar-refractivity contribution in [3.8, 4) is 17.2 Å². The molecule has 6 unspecified atom stereocenters. The number of nitrogens with zero attached hydrogens (tertiary/aromatic N) is 2. The maximum Gasteiger partial charge on any atom is 0.423 e. The van der Waals surface area contributed by atoms with E-state index in [1.165, 1.54) is 26.4 Å². The second-order valence-electron chi connectivity index (χ2n) is 12.3. The molecular weight excluding hydrogens is 640 g/mol. The Bertz CT molecular complexity index is 1930. The highest BCUT2D eigenvalue weighted by Crippen LogP contribution is 2.66. The molecule has 7 rings (SSSR count). The lowest BCUT2D eigenvalue weighted by atomic mass is 9.49. The second-order valence-corrected chi connectivity index (χ2v) is 12.8. The summed E-state index contributed by atoms with van der Waals surface area (Å²) in [4.78, 5) is 71.8. The monoisotopic (exact) mass is 670 g/mol. The van der Waals surface area contributed by atoms with E-state index in [9.17, 15) is 24.3 Å². The molecule has 3 aromatic carbocycles. The van der Waals surface area contributed by atoms with Crippen LogP contribution in [-0.4, -0.2) is 61.1 Å². The molecule has 0 radical (unpaired) electrons. The summed E-state index contributed by atoms with van der Waals surface area (Å²) < 4.78 is 16.0. The van der Waals surface area contributed by atoms with Crippen LogP contribution >= 0.6 is 11.6 Å². The first kappa shape index (κ1) is 31.4. The fraction of sp³-hybridized carbons (Fsp3) is 0.306. The number of ether oxygens (including phenoxy) is 3. The lowest BCUT2D eigenvalue weighted by molar-refractivity contribution is -0.138. The third-order valence-electron chi connectivity index (χ3n) is 10.4. The first-order chi connectivity index (χ1) is 23.1. The van der Waals surface area contributed by atoms with Crippen LogP contribution in [0.15, 0.2) is 78.4 Å². The van der Waals surface area contributed by atoms with Gasteiger partial charge >= 0.3 is 6.09 Å². The van der Waals surface area contributed by atoms with Crippen molar-refractivity contribution in [1.29, 1.82) is 0 Å². The minimum atomic E-state index is -1.64. The molecule has 2 aliphatic heterocycles. The number of allylic oxidation sites excluding steroid dienone is 2. The maximum atomic E-state index is 15.3. The van der Waals surface area contributed by atoms with Gasteiger partial charge in [-0.3, -0.25) is 19.2 Å². The van der Waals surface area contributed by atoms with E-state index in [-0.39, 0.29) is 35.6 Å². The van der Waals surface area contributed by atoms with Gasteiger partial charge in [-0.2, -0.15) is 4.90 Å². The standard InChI is InChI=1S/C36H31ClN2O9/c1-46-21-15-26(40)29(27(16-21)47-2)30-22-12-13-23-28(33(43)39(31(23)41)35(45)48-3)24(22)17-25-32(42)38(20-11-7-10-19(37)14-20)34(44)36(25,30)18-8-5-4-6-9-18/h4-12,14-16,23-25,28,30,40H,13,17H2,1-3H3. The molecule has 2 heterocycles. The molecule has 1 saturated carbocycles. The topological polar surface area (TPSA) is 140 Å². The smallest absolute Gasteiger partial charge is 0.423 e. The first-order valence-electron chi connectivity index (χ1n) is 15.4. The highest BCUT2D eigenvalue weighted by Gasteiger charge is 2.71. The van der Waals surface area contributed by atoms with Crippen LogP contribution < -0.4 is 14.4 Å². The van der Waals surface area contributed by atoms with Crippen molar-refractivity contribution in [3.63, 3.8) is 0 Å². The van der Waals surface area contributed by atoms with E-state index in [1.54, 1.807) is 54.6 Å². The molecule has 2 aliphatic carbocycles. The Morgan fingerprint density at radius 3 is 2.31 bits per heavy atom. The first-order valence-corrected chi connectivity index (χ1v) is 15.8. The van der Waals surface area contributed by atoms with Gasteiger partial charge in [-0.15, -0.1) is 0 Å². The molecular formula is C36H31ClN2O9. The summed E-state index contributed by atoms with van der Waals surface area (Å²) in [7, 11) is 3.95. The van der Waals surface area contributed by atoms with Crippen LogP contribution in [0.3, 0.4) is 0 Å². The van der Waals surface area contributed by atoms with Gasteiger partial charge in [-0.25, -0.2) is 9.69 Å². The van der Waals surface area contributed by atoms with Crippen LogP contribution in [0, 0.1) is 23.7 Å². The molecule has 4 aliphatic rings. The number of likely N-dealkylation sites (tertiary alicyclic amines) is 1. The number of benzene rings is 3. The summed E-state index contributed by atoms with van der Waals surface area (Å²) in [6.07, 6.45) is 0.820. The SMILES string of the molecule is COC(=O)N1C(=O)C2CC=C3C(CC4C(=O)N(c5cccc(Cl)c5)C(=O)C4(c4ccccc4)C3c3c(O)cc(OC)cc3OC)C2C1=O. The molecule has 1 N–H and O–H groups in total. The van der Waals surface area contributed by atoms with Gasteiger partial charge in [-0.05, 0) is 42.5 Å². The third-order valence-corrected chi connectivity index (χ3v) is 10.6. The van der Waals surface area contributed by atoms with E-state index in [0.717, 1.165) is 12.0 Å². The number of halogens is 1. The number of carbonyl (C=O) groups is 5. The molecule has 12 heteroatoms. The van der Waals surface area contributed by atoms with Crippen LogP contribution in [0.1, 0.15) is 29.9 Å². The number of rotatable bonds is 5. The zero-order valence-corrected chi connectivity index (χ0v) is 27.0. The van der Waals surface area contributed by atoms with Gasteiger partial charge in [0.15, 0.2) is 0 Å². The lowest BCUT2D eigenvalue weighted by Crippen LogP contribution is -2.53. The number of aromatic hydroxyl groups is 1. The third kappa shape index (κ3) is 4.23. The van der Waals surface area contributed by atoms with Crippen LogP contribution in [0.5, 0.6) is 17.2 Å². The minimum Gasteiger partial charge on any atom is -0.507 e. The predicted molar refractivity (Wildman–Crippen MR) is 172 cm³/mol. The van der Waals surface area contributed by atoms with Crippen molar-refractivity contribution in [2.75, 3.05) is 26.2 Å². The number of amides is 5. The minimum absolute atomic E-state index is 0.00724. The Hall–Kier alpha value is -5.16. The fourth-order valence-electron chi connectivity index (χ4n) is 8.49. The van der Waals surface area contributed by atoms with Gasteiger partial charge in [-0.1, -0.05) is 59.6 Å². The Balaban J connectivity index is 1.54. The summed E-state index contributed by atoms with van der Waals surface area (Å²) >= 11 is 6.35. The van der Waals surface area contributed by atoms with Crippen molar-refractivity contribution in [1.82, 2.24) is 4.90 Å². The Morgan fingerprint density at radius 1 is 0.896 bits per heavy atom. The molecule has 0 aromatic heterocycles. The van der Waals surface area contributed by atoms with E-state index in [4.69, 9.17) is 25.8 Å². The van der Waals surface area contributed by atoms with Gasteiger partial charge < -0.3 is 19.3 Å². The van der Waals surface area contributed by atoms with E-state index in [2.05, 4.69) is 0 Å². The van der Waals surface area contributed by atoms with E-state index < -0.39 is 64.7 Å². The number of anilines is 1. The summed E-state index contributed by atoms with van der Waals surface area (Å²) in [5.74, 6) is -7.00. The number of carbonyl (C=O) groups excluding carboxylic acids is 5. The molecule has 246 valence electrons. The number of phenols is 1. The Morgan fingerprint density at radius 2 is 1.65 bits per heavy atom. The Kier molecular flexibility index (Phi) is 7.54. The highest BCUT2D eigenvalue weighted by atomic mass is 35.5. The number of fused-ring (bicyclic) bond motifs is 4. The van der Waals surface area contributed by atoms with Gasteiger partial charge in [0.2, 0.25) is 23.6 Å². The predicted octanol–water partition coefficient (Wildman–Crippen LogP) is 4.99. The van der Waals surface area contributed by atoms with Gasteiger partial charge in [0, 0.05) is 28.6 Å². The van der Waals surface area contributed by atoms with Crippen LogP contribution in [0.25, 0.3) is 0 Å². The number of hydrogen-bond donors (Lipinski definition) is 1. The van der Waals surface area contributed by atoms with Crippen molar-refractivity contribution >= 4 is 47.0 Å². The number of methoxy groups -OCH3 is 3. The van der Waals surface area contributed by atoms with Crippen molar-refractivity contribution in [2.24, 2.45) is 23.7 Å². The largest absolute Gasteiger partial charge is 0.507 e. The fourth-order valence-corrected chi connectivity index (χ4v) is 8.68. The normalized spacial score (nSPS) is 27.7. The van der Waals surface area contributed by atoms with Gasteiger partial charge in [0.25, 0.3) is 0 Å². The molecule has 5 amide bonds. The van der Waals surface area contributed by atoms with Crippen LogP contribution in [-0.2, 0) is 29.3 Å². The number of phenolic OH excluding ortho intramolecular Hbond substituents is 1. The second kappa shape index (κ2) is 11.5. The Labute approximate surface area is 280 Å². The summed E-state index contributed by atoms with van der Waals surface area (Å²) in [5.41, 5.74) is -0.0465. The molecule has 0 spiro atoms. The highest BCUT2D eigenvalue weighted by molar-refractivity contribution is 6.32.